The molecule has 0 fully saturated rings. The Kier molecular flexibility index (Phi) is 4.34. The molecule has 0 bridgehead atoms. The molecule has 2 aromatic carbocycles. The molecule has 94 valence electrons. The van der Waals surface area contributed by atoms with Crippen LogP contribution in [0.15, 0.2) is 34.8 Å². The summed E-state index contributed by atoms with van der Waals surface area (Å²) in [5.74, 6) is -0.547. The van der Waals surface area contributed by atoms with Gasteiger partial charge in [0.2, 0.25) is 0 Å². The summed E-state index contributed by atoms with van der Waals surface area (Å²) in [6, 6.07) is 8.58. The molecule has 0 aromatic heterocycles. The Morgan fingerprint density at radius 3 is 2.67 bits per heavy atom. The Bertz CT molecular complexity index is 607. The predicted octanol–water partition coefficient (Wildman–Crippen LogP) is 5.17. The van der Waals surface area contributed by atoms with E-state index in [2.05, 4.69) is 43.8 Å². The van der Waals surface area contributed by atoms with Gasteiger partial charge in [-0.15, -0.1) is 0 Å². The van der Waals surface area contributed by atoms with Crippen molar-refractivity contribution in [2.75, 3.05) is 11.1 Å². The summed E-state index contributed by atoms with van der Waals surface area (Å²) < 4.78 is 15.8. The van der Waals surface area contributed by atoms with Gasteiger partial charge in [-0.2, -0.15) is 0 Å². The molecule has 0 radical (unpaired) electrons. The molecule has 0 atom stereocenters. The molecule has 6 heteroatoms. The van der Waals surface area contributed by atoms with E-state index in [4.69, 9.17) is 17.3 Å². The first-order valence-electron chi connectivity index (χ1n) is 4.94. The quantitative estimate of drug-likeness (QED) is 0.498. The van der Waals surface area contributed by atoms with Crippen molar-refractivity contribution in [1.29, 1.82) is 0 Å². The van der Waals surface area contributed by atoms with Gasteiger partial charge in [0.1, 0.15) is 0 Å². The number of nitrogen functional groups attached to an aromatic ring is 1. The van der Waals surface area contributed by atoms with Gasteiger partial charge in [-0.1, -0.05) is 11.6 Å². The fraction of sp³-hybridized carbons (Fsp3) is 0. The number of halogens is 4. The molecule has 2 aromatic rings. The van der Waals surface area contributed by atoms with E-state index in [1.165, 1.54) is 6.07 Å². The van der Waals surface area contributed by atoms with Crippen LogP contribution in [0.25, 0.3) is 0 Å². The van der Waals surface area contributed by atoms with Gasteiger partial charge in [0.15, 0.2) is 5.82 Å². The highest BCUT2D eigenvalue weighted by molar-refractivity contribution is 14.1. The lowest BCUT2D eigenvalue weighted by molar-refractivity contribution is 0.633. The van der Waals surface area contributed by atoms with Crippen LogP contribution in [0.3, 0.4) is 0 Å². The number of benzene rings is 2. The highest BCUT2D eigenvalue weighted by Gasteiger charge is 2.11. The molecule has 0 heterocycles. The second-order valence-corrected chi connectivity index (χ2v) is 6.00. The number of hydrogen-bond donors (Lipinski definition) is 2. The number of nitrogens with two attached hydrogens (primary N) is 1. The second-order valence-electron chi connectivity index (χ2n) is 3.58. The standard InChI is InChI=1S/C12H8BrClFIN2/c13-7-2-1-6(5-9(7)16)18-12-10(17)4-3-8(14)11(12)15/h1-5,18H,17H2. The van der Waals surface area contributed by atoms with Gasteiger partial charge in [-0.05, 0) is 68.9 Å². The lowest BCUT2D eigenvalue weighted by Crippen LogP contribution is -2.00. The molecule has 0 spiro atoms. The third kappa shape index (κ3) is 2.89. The Hall–Kier alpha value is -0.530. The molecule has 2 nitrogen and oxygen atoms in total. The molecule has 0 saturated heterocycles. The lowest BCUT2D eigenvalue weighted by atomic mass is 10.2. The van der Waals surface area contributed by atoms with Crippen molar-refractivity contribution in [1.82, 2.24) is 0 Å². The van der Waals surface area contributed by atoms with Gasteiger partial charge >= 0.3 is 0 Å². The monoisotopic (exact) mass is 440 g/mol. The van der Waals surface area contributed by atoms with Crippen LogP contribution in [-0.2, 0) is 0 Å². The van der Waals surface area contributed by atoms with Gasteiger partial charge < -0.3 is 11.1 Å². The summed E-state index contributed by atoms with van der Waals surface area (Å²) in [5.41, 5.74) is 6.99. The average molecular weight is 441 g/mol. The minimum Gasteiger partial charge on any atom is -0.397 e. The number of anilines is 3. The summed E-state index contributed by atoms with van der Waals surface area (Å²) >= 11 is 11.3. The molecule has 0 saturated carbocycles. The Morgan fingerprint density at radius 2 is 2.00 bits per heavy atom. The average Bonchev–Trinajstić information content (AvgIpc) is 2.34. The van der Waals surface area contributed by atoms with Crippen LogP contribution in [0, 0.1) is 9.39 Å². The van der Waals surface area contributed by atoms with Crippen molar-refractivity contribution >= 4 is 67.2 Å². The molecule has 18 heavy (non-hydrogen) atoms. The van der Waals surface area contributed by atoms with E-state index < -0.39 is 5.82 Å². The molecule has 0 aliphatic heterocycles. The topological polar surface area (TPSA) is 38.0 Å². The lowest BCUT2D eigenvalue weighted by Gasteiger charge is -2.12. The maximum atomic E-state index is 13.8. The first-order chi connectivity index (χ1) is 8.49. The van der Waals surface area contributed by atoms with Crippen LogP contribution in [0.5, 0.6) is 0 Å². The maximum Gasteiger partial charge on any atom is 0.167 e. The van der Waals surface area contributed by atoms with E-state index in [1.807, 2.05) is 18.2 Å². The first kappa shape index (κ1) is 13.9. The largest absolute Gasteiger partial charge is 0.397 e. The minimum atomic E-state index is -0.547. The number of rotatable bonds is 2. The third-order valence-electron chi connectivity index (χ3n) is 2.32. The molecule has 0 unspecified atom stereocenters. The number of nitrogens with one attached hydrogen (secondary N) is 1. The van der Waals surface area contributed by atoms with E-state index in [1.54, 1.807) is 6.07 Å². The highest BCUT2D eigenvalue weighted by Crippen LogP contribution is 2.32. The fourth-order valence-corrected chi connectivity index (χ4v) is 2.33. The molecule has 3 N–H and O–H groups in total. The Balaban J connectivity index is 2.39. The molecule has 0 aliphatic rings. The van der Waals surface area contributed by atoms with Crippen LogP contribution >= 0.6 is 50.1 Å². The van der Waals surface area contributed by atoms with Gasteiger partial charge in [0.05, 0.1) is 16.4 Å². The zero-order chi connectivity index (χ0) is 13.3. The summed E-state index contributed by atoms with van der Waals surface area (Å²) in [4.78, 5) is 0. The molecular weight excluding hydrogens is 433 g/mol. The van der Waals surface area contributed by atoms with Crippen molar-refractivity contribution in [3.8, 4) is 0 Å². The van der Waals surface area contributed by atoms with Crippen LogP contribution in [0.2, 0.25) is 5.02 Å². The molecule has 2 rings (SSSR count). The normalized spacial score (nSPS) is 10.4. The van der Waals surface area contributed by atoms with Crippen molar-refractivity contribution in [3.63, 3.8) is 0 Å². The van der Waals surface area contributed by atoms with E-state index in [9.17, 15) is 4.39 Å². The summed E-state index contributed by atoms with van der Waals surface area (Å²) in [6.07, 6.45) is 0. The summed E-state index contributed by atoms with van der Waals surface area (Å²) in [5, 5.41) is 2.98. The zero-order valence-electron chi connectivity index (χ0n) is 8.98. The van der Waals surface area contributed by atoms with Crippen molar-refractivity contribution in [2.24, 2.45) is 0 Å². The Morgan fingerprint density at radius 1 is 1.28 bits per heavy atom. The van der Waals surface area contributed by atoms with E-state index >= 15 is 0 Å². The first-order valence-corrected chi connectivity index (χ1v) is 7.19. The van der Waals surface area contributed by atoms with Gasteiger partial charge in [0.25, 0.3) is 0 Å². The van der Waals surface area contributed by atoms with Gasteiger partial charge in [-0.3, -0.25) is 0 Å². The predicted molar refractivity (Wildman–Crippen MR) is 86.0 cm³/mol. The summed E-state index contributed by atoms with van der Waals surface area (Å²) in [6.45, 7) is 0. The summed E-state index contributed by atoms with van der Waals surface area (Å²) in [7, 11) is 0. The van der Waals surface area contributed by atoms with Gasteiger partial charge in [0, 0.05) is 13.7 Å². The van der Waals surface area contributed by atoms with E-state index in [-0.39, 0.29) is 10.7 Å². The van der Waals surface area contributed by atoms with Crippen molar-refractivity contribution in [3.05, 3.63) is 49.2 Å². The fourth-order valence-electron chi connectivity index (χ4n) is 1.41. The molecular formula is C12H8BrClFIN2. The number of hydrogen-bond acceptors (Lipinski definition) is 2. The SMILES string of the molecule is Nc1ccc(Cl)c(F)c1Nc1ccc(Br)c(I)c1. The van der Waals surface area contributed by atoms with Crippen LogP contribution < -0.4 is 11.1 Å². The second kappa shape index (κ2) is 5.63. The van der Waals surface area contributed by atoms with Gasteiger partial charge in [-0.25, -0.2) is 4.39 Å². The van der Waals surface area contributed by atoms with Crippen molar-refractivity contribution < 1.29 is 4.39 Å². The Labute approximate surface area is 131 Å². The minimum absolute atomic E-state index is 0.0403. The third-order valence-corrected chi connectivity index (χ3v) is 4.93. The van der Waals surface area contributed by atoms with Crippen molar-refractivity contribution in [2.45, 2.75) is 0 Å². The highest BCUT2D eigenvalue weighted by atomic mass is 127. The zero-order valence-corrected chi connectivity index (χ0v) is 13.5. The van der Waals surface area contributed by atoms with E-state index in [0.29, 0.717) is 5.69 Å². The maximum absolute atomic E-state index is 13.8. The van der Waals surface area contributed by atoms with E-state index in [0.717, 1.165) is 13.7 Å². The van der Waals surface area contributed by atoms with Crippen LogP contribution in [-0.4, -0.2) is 0 Å². The van der Waals surface area contributed by atoms with Crippen LogP contribution in [0.4, 0.5) is 21.5 Å². The smallest absolute Gasteiger partial charge is 0.167 e. The van der Waals surface area contributed by atoms with Crippen LogP contribution in [0.1, 0.15) is 0 Å². The molecule has 0 amide bonds. The molecule has 0 aliphatic carbocycles.